The number of halogens is 1. The lowest BCUT2D eigenvalue weighted by atomic mass is 10.2. The molecule has 2 N–H and O–H groups in total. The number of carbonyl (C=O) groups excluding carboxylic acids is 2. The van der Waals surface area contributed by atoms with Gasteiger partial charge in [-0.15, -0.1) is 0 Å². The normalized spacial score (nSPS) is 18.3. The maximum Gasteiger partial charge on any atom is 0.228 e. The number of nitrogens with one attached hydrogen (secondary N) is 2. The summed E-state index contributed by atoms with van der Waals surface area (Å²) in [5.74, 6) is -0.720. The van der Waals surface area contributed by atoms with Crippen LogP contribution in [0.4, 0.5) is 15.8 Å². The molecular formula is C19H19FN2O3. The van der Waals surface area contributed by atoms with E-state index in [1.54, 1.807) is 24.3 Å². The molecule has 1 fully saturated rings. The lowest BCUT2D eigenvalue weighted by molar-refractivity contribution is -0.122. The van der Waals surface area contributed by atoms with Crippen molar-refractivity contribution in [3.8, 4) is 5.75 Å². The van der Waals surface area contributed by atoms with Crippen LogP contribution in [0.2, 0.25) is 0 Å². The molecule has 2 amide bonds. The summed E-state index contributed by atoms with van der Waals surface area (Å²) in [4.78, 5) is 24.4. The quantitative estimate of drug-likeness (QED) is 0.845. The molecule has 0 bridgehead atoms. The van der Waals surface area contributed by atoms with Gasteiger partial charge in [0, 0.05) is 11.4 Å². The molecule has 3 rings (SSSR count). The molecule has 0 aromatic heterocycles. The Hall–Kier alpha value is -2.89. The minimum Gasteiger partial charge on any atom is -0.494 e. The van der Waals surface area contributed by atoms with Gasteiger partial charge in [0.1, 0.15) is 11.6 Å². The Morgan fingerprint density at radius 3 is 1.92 bits per heavy atom. The van der Waals surface area contributed by atoms with Crippen molar-refractivity contribution in [3.05, 3.63) is 54.3 Å². The molecule has 0 heterocycles. The fraction of sp³-hybridized carbons (Fsp3) is 0.263. The fourth-order valence-electron chi connectivity index (χ4n) is 2.58. The first-order valence-corrected chi connectivity index (χ1v) is 8.17. The van der Waals surface area contributed by atoms with Crippen LogP contribution in [0.25, 0.3) is 0 Å². The van der Waals surface area contributed by atoms with Gasteiger partial charge in [0.2, 0.25) is 11.8 Å². The average molecular weight is 342 g/mol. The highest BCUT2D eigenvalue weighted by atomic mass is 19.1. The Labute approximate surface area is 145 Å². The predicted molar refractivity (Wildman–Crippen MR) is 92.9 cm³/mol. The van der Waals surface area contributed by atoms with Crippen LogP contribution >= 0.6 is 0 Å². The molecule has 6 heteroatoms. The van der Waals surface area contributed by atoms with Crippen LogP contribution in [-0.2, 0) is 9.59 Å². The van der Waals surface area contributed by atoms with Gasteiger partial charge in [-0.05, 0) is 61.9 Å². The van der Waals surface area contributed by atoms with Crippen LogP contribution in [-0.4, -0.2) is 18.4 Å². The Kier molecular flexibility index (Phi) is 4.97. The molecule has 0 radical (unpaired) electrons. The van der Waals surface area contributed by atoms with Crippen molar-refractivity contribution in [3.63, 3.8) is 0 Å². The molecule has 0 saturated heterocycles. The van der Waals surface area contributed by atoms with Crippen LogP contribution in [0, 0.1) is 17.7 Å². The summed E-state index contributed by atoms with van der Waals surface area (Å²) in [5, 5.41) is 5.50. The first kappa shape index (κ1) is 17.0. The van der Waals surface area contributed by atoms with E-state index in [-0.39, 0.29) is 29.5 Å². The Bertz CT molecular complexity index is 759. The van der Waals surface area contributed by atoms with Gasteiger partial charge in [0.25, 0.3) is 0 Å². The summed E-state index contributed by atoms with van der Waals surface area (Å²) in [6.07, 6.45) is 0.510. The van der Waals surface area contributed by atoms with Gasteiger partial charge in [-0.3, -0.25) is 9.59 Å². The van der Waals surface area contributed by atoms with E-state index in [0.29, 0.717) is 24.4 Å². The average Bonchev–Trinajstić information content (AvgIpc) is 3.40. The van der Waals surface area contributed by atoms with Crippen molar-refractivity contribution >= 4 is 23.2 Å². The van der Waals surface area contributed by atoms with Gasteiger partial charge in [-0.2, -0.15) is 0 Å². The molecule has 2 aromatic carbocycles. The third-order valence-corrected chi connectivity index (χ3v) is 4.01. The van der Waals surface area contributed by atoms with E-state index >= 15 is 0 Å². The monoisotopic (exact) mass is 342 g/mol. The molecule has 130 valence electrons. The van der Waals surface area contributed by atoms with E-state index in [1.165, 1.54) is 24.3 Å². The first-order valence-electron chi connectivity index (χ1n) is 8.17. The Balaban J connectivity index is 1.51. The SMILES string of the molecule is CCOc1ccc(NC(=O)C2CC2C(=O)Nc2ccc(F)cc2)cc1. The predicted octanol–water partition coefficient (Wildman–Crippen LogP) is 3.44. The number of amides is 2. The second-order valence-electron chi connectivity index (χ2n) is 5.89. The Morgan fingerprint density at radius 1 is 0.960 bits per heavy atom. The number of hydrogen-bond acceptors (Lipinski definition) is 3. The highest BCUT2D eigenvalue weighted by Gasteiger charge is 2.48. The third kappa shape index (κ3) is 4.35. The molecule has 25 heavy (non-hydrogen) atoms. The van der Waals surface area contributed by atoms with Gasteiger partial charge in [-0.25, -0.2) is 4.39 Å². The van der Waals surface area contributed by atoms with Crippen LogP contribution < -0.4 is 15.4 Å². The lowest BCUT2D eigenvalue weighted by Gasteiger charge is -2.07. The Morgan fingerprint density at radius 2 is 1.44 bits per heavy atom. The minimum atomic E-state index is -0.364. The maximum atomic E-state index is 12.9. The zero-order chi connectivity index (χ0) is 17.8. The summed E-state index contributed by atoms with van der Waals surface area (Å²) in [6, 6.07) is 12.6. The van der Waals surface area contributed by atoms with E-state index in [1.807, 2.05) is 6.92 Å². The number of ether oxygens (including phenoxy) is 1. The second-order valence-corrected chi connectivity index (χ2v) is 5.89. The molecule has 0 spiro atoms. The van der Waals surface area contributed by atoms with Crippen molar-refractivity contribution in [2.45, 2.75) is 13.3 Å². The largest absolute Gasteiger partial charge is 0.494 e. The molecule has 0 aliphatic heterocycles. The molecule has 1 aliphatic rings. The van der Waals surface area contributed by atoms with Gasteiger partial charge in [0.15, 0.2) is 0 Å². The van der Waals surface area contributed by atoms with E-state index in [0.717, 1.165) is 5.75 Å². The van der Waals surface area contributed by atoms with Gasteiger partial charge in [0.05, 0.1) is 18.4 Å². The van der Waals surface area contributed by atoms with E-state index < -0.39 is 0 Å². The van der Waals surface area contributed by atoms with Crippen LogP contribution in [0.15, 0.2) is 48.5 Å². The fourth-order valence-corrected chi connectivity index (χ4v) is 2.58. The molecule has 1 aliphatic carbocycles. The van der Waals surface area contributed by atoms with Crippen molar-refractivity contribution in [1.82, 2.24) is 0 Å². The zero-order valence-corrected chi connectivity index (χ0v) is 13.8. The van der Waals surface area contributed by atoms with Crippen LogP contribution in [0.1, 0.15) is 13.3 Å². The van der Waals surface area contributed by atoms with Crippen molar-refractivity contribution in [2.75, 3.05) is 17.2 Å². The number of benzene rings is 2. The molecule has 2 aromatic rings. The van der Waals surface area contributed by atoms with Crippen molar-refractivity contribution < 1.29 is 18.7 Å². The van der Waals surface area contributed by atoms with Crippen molar-refractivity contribution in [1.29, 1.82) is 0 Å². The third-order valence-electron chi connectivity index (χ3n) is 4.01. The van der Waals surface area contributed by atoms with E-state index in [9.17, 15) is 14.0 Å². The summed E-state index contributed by atoms with van der Waals surface area (Å²) >= 11 is 0. The molecule has 2 atom stereocenters. The summed E-state index contributed by atoms with van der Waals surface area (Å²) < 4.78 is 18.2. The molecule has 1 saturated carbocycles. The van der Waals surface area contributed by atoms with Crippen LogP contribution in [0.5, 0.6) is 5.75 Å². The van der Waals surface area contributed by atoms with Gasteiger partial charge >= 0.3 is 0 Å². The maximum absolute atomic E-state index is 12.9. The van der Waals surface area contributed by atoms with Gasteiger partial charge < -0.3 is 15.4 Å². The van der Waals surface area contributed by atoms with E-state index in [4.69, 9.17) is 4.74 Å². The smallest absolute Gasteiger partial charge is 0.228 e. The molecular weight excluding hydrogens is 323 g/mol. The summed E-state index contributed by atoms with van der Waals surface area (Å²) in [6.45, 7) is 2.48. The standard InChI is InChI=1S/C19H19FN2O3/c1-2-25-15-9-7-14(8-10-15)22-19(24)17-11-16(17)18(23)21-13-5-3-12(20)4-6-13/h3-10,16-17H,2,11H2,1H3,(H,21,23)(H,22,24). The molecule has 5 nitrogen and oxygen atoms in total. The highest BCUT2D eigenvalue weighted by molar-refractivity contribution is 6.03. The summed E-state index contributed by atoms with van der Waals surface area (Å²) in [5.41, 5.74) is 1.18. The highest BCUT2D eigenvalue weighted by Crippen LogP contribution is 2.40. The zero-order valence-electron chi connectivity index (χ0n) is 13.8. The topological polar surface area (TPSA) is 67.4 Å². The number of hydrogen-bond donors (Lipinski definition) is 2. The van der Waals surface area contributed by atoms with Crippen LogP contribution in [0.3, 0.4) is 0 Å². The summed E-state index contributed by atoms with van der Waals surface area (Å²) in [7, 11) is 0. The number of rotatable bonds is 6. The first-order chi connectivity index (χ1) is 12.1. The number of carbonyl (C=O) groups is 2. The number of anilines is 2. The van der Waals surface area contributed by atoms with Gasteiger partial charge in [-0.1, -0.05) is 0 Å². The second kappa shape index (κ2) is 7.34. The van der Waals surface area contributed by atoms with E-state index in [2.05, 4.69) is 10.6 Å². The minimum absolute atomic E-state index is 0.177. The lowest BCUT2D eigenvalue weighted by Crippen LogP contribution is -2.20. The van der Waals surface area contributed by atoms with Crippen molar-refractivity contribution in [2.24, 2.45) is 11.8 Å². The molecule has 2 unspecified atom stereocenters.